The molecular weight excluding hydrogens is 326 g/mol. The highest BCUT2D eigenvalue weighted by Crippen LogP contribution is 2.29. The van der Waals surface area contributed by atoms with E-state index in [2.05, 4.69) is 58.0 Å². The standard InChI is InChI=1S/C17H22BrN3/c1-12-10-13(6-7-16(12)18)17(19)11-14-8-9-21(20-14)15-4-2-3-5-15/h6-10,15,17H,2-5,11,19H2,1H3. The minimum atomic E-state index is 0.00345. The lowest BCUT2D eigenvalue weighted by atomic mass is 10.0. The molecule has 2 aromatic rings. The Balaban J connectivity index is 1.69. The second-order valence-corrected chi connectivity index (χ2v) is 6.90. The average molecular weight is 348 g/mol. The fraction of sp³-hybridized carbons (Fsp3) is 0.471. The summed E-state index contributed by atoms with van der Waals surface area (Å²) >= 11 is 3.53. The Bertz CT molecular complexity index is 614. The van der Waals surface area contributed by atoms with Gasteiger partial charge in [0.15, 0.2) is 0 Å². The maximum Gasteiger partial charge on any atom is 0.0643 e. The van der Waals surface area contributed by atoms with Gasteiger partial charge in [-0.25, -0.2) is 0 Å². The molecular formula is C17H22BrN3. The van der Waals surface area contributed by atoms with Crippen LogP contribution in [0.4, 0.5) is 0 Å². The number of nitrogens with two attached hydrogens (primary N) is 1. The topological polar surface area (TPSA) is 43.8 Å². The van der Waals surface area contributed by atoms with Crippen LogP contribution in [0.1, 0.15) is 54.6 Å². The number of benzene rings is 1. The summed E-state index contributed by atoms with van der Waals surface area (Å²) in [5.74, 6) is 0. The predicted octanol–water partition coefficient (Wildman–Crippen LogP) is 4.31. The van der Waals surface area contributed by atoms with E-state index in [4.69, 9.17) is 10.8 Å². The molecule has 1 saturated carbocycles. The summed E-state index contributed by atoms with van der Waals surface area (Å²) in [5, 5.41) is 4.73. The second-order valence-electron chi connectivity index (χ2n) is 6.04. The maximum absolute atomic E-state index is 6.34. The first-order valence-corrected chi connectivity index (χ1v) is 8.48. The molecule has 1 aliphatic carbocycles. The van der Waals surface area contributed by atoms with Crippen LogP contribution in [-0.4, -0.2) is 9.78 Å². The minimum absolute atomic E-state index is 0.00345. The first kappa shape index (κ1) is 14.8. The zero-order chi connectivity index (χ0) is 14.8. The lowest BCUT2D eigenvalue weighted by molar-refractivity contribution is 0.461. The van der Waals surface area contributed by atoms with E-state index in [0.717, 1.165) is 16.6 Å². The molecule has 1 heterocycles. The van der Waals surface area contributed by atoms with Crippen LogP contribution in [0.2, 0.25) is 0 Å². The van der Waals surface area contributed by atoms with Crippen molar-refractivity contribution in [3.8, 4) is 0 Å². The third-order valence-corrected chi connectivity index (χ3v) is 5.29. The smallest absolute Gasteiger partial charge is 0.0643 e. The van der Waals surface area contributed by atoms with Gasteiger partial charge in [0.25, 0.3) is 0 Å². The Morgan fingerprint density at radius 3 is 2.81 bits per heavy atom. The Kier molecular flexibility index (Phi) is 4.45. The molecule has 2 N–H and O–H groups in total. The molecule has 0 saturated heterocycles. The number of hydrogen-bond donors (Lipinski definition) is 1. The molecule has 0 spiro atoms. The molecule has 0 bridgehead atoms. The number of nitrogens with zero attached hydrogens (tertiary/aromatic N) is 2. The first-order valence-electron chi connectivity index (χ1n) is 7.69. The van der Waals surface area contributed by atoms with Gasteiger partial charge < -0.3 is 5.73 Å². The van der Waals surface area contributed by atoms with Gasteiger partial charge in [-0.2, -0.15) is 5.10 Å². The van der Waals surface area contributed by atoms with E-state index in [1.165, 1.54) is 36.8 Å². The molecule has 21 heavy (non-hydrogen) atoms. The minimum Gasteiger partial charge on any atom is -0.324 e. The van der Waals surface area contributed by atoms with E-state index in [1.54, 1.807) is 0 Å². The van der Waals surface area contributed by atoms with Crippen molar-refractivity contribution < 1.29 is 0 Å². The lowest BCUT2D eigenvalue weighted by Gasteiger charge is -2.13. The Morgan fingerprint density at radius 2 is 2.10 bits per heavy atom. The van der Waals surface area contributed by atoms with Crippen LogP contribution in [0.15, 0.2) is 34.9 Å². The molecule has 0 amide bonds. The van der Waals surface area contributed by atoms with E-state index in [-0.39, 0.29) is 6.04 Å². The van der Waals surface area contributed by atoms with Crippen molar-refractivity contribution in [2.45, 2.75) is 51.1 Å². The van der Waals surface area contributed by atoms with Crippen LogP contribution in [0.25, 0.3) is 0 Å². The summed E-state index contributed by atoms with van der Waals surface area (Å²) in [4.78, 5) is 0. The number of aryl methyl sites for hydroxylation is 1. The largest absolute Gasteiger partial charge is 0.324 e. The highest BCUT2D eigenvalue weighted by molar-refractivity contribution is 9.10. The van der Waals surface area contributed by atoms with Crippen molar-refractivity contribution in [3.63, 3.8) is 0 Å². The molecule has 0 aliphatic heterocycles. The van der Waals surface area contributed by atoms with Crippen molar-refractivity contribution >= 4 is 15.9 Å². The summed E-state index contributed by atoms with van der Waals surface area (Å²) < 4.78 is 3.27. The molecule has 112 valence electrons. The second kappa shape index (κ2) is 6.32. The molecule has 1 atom stereocenters. The zero-order valence-electron chi connectivity index (χ0n) is 12.4. The van der Waals surface area contributed by atoms with Crippen molar-refractivity contribution in [3.05, 3.63) is 51.8 Å². The fourth-order valence-electron chi connectivity index (χ4n) is 3.10. The quantitative estimate of drug-likeness (QED) is 0.895. The van der Waals surface area contributed by atoms with E-state index in [0.29, 0.717) is 6.04 Å². The van der Waals surface area contributed by atoms with Crippen molar-refractivity contribution in [1.29, 1.82) is 0 Å². The van der Waals surface area contributed by atoms with Gasteiger partial charge in [-0.1, -0.05) is 40.9 Å². The van der Waals surface area contributed by atoms with Crippen LogP contribution < -0.4 is 5.73 Å². The number of hydrogen-bond acceptors (Lipinski definition) is 2. The summed E-state index contributed by atoms with van der Waals surface area (Å²) in [7, 11) is 0. The number of aromatic nitrogens is 2. The van der Waals surface area contributed by atoms with Gasteiger partial charge in [0, 0.05) is 23.1 Å². The Hall–Kier alpha value is -1.13. The SMILES string of the molecule is Cc1cc(C(N)Cc2ccn(C3CCCC3)n2)ccc1Br. The van der Waals surface area contributed by atoms with Crippen LogP contribution >= 0.6 is 15.9 Å². The van der Waals surface area contributed by atoms with E-state index < -0.39 is 0 Å². The monoisotopic (exact) mass is 347 g/mol. The summed E-state index contributed by atoms with van der Waals surface area (Å²) in [6, 6.07) is 9.04. The van der Waals surface area contributed by atoms with E-state index in [9.17, 15) is 0 Å². The first-order chi connectivity index (χ1) is 10.1. The molecule has 0 radical (unpaired) electrons. The van der Waals surface area contributed by atoms with Crippen LogP contribution in [0.3, 0.4) is 0 Å². The van der Waals surface area contributed by atoms with E-state index in [1.807, 2.05) is 0 Å². The predicted molar refractivity (Wildman–Crippen MR) is 89.2 cm³/mol. The molecule has 4 heteroatoms. The summed E-state index contributed by atoms with van der Waals surface area (Å²) in [5.41, 5.74) is 9.83. The van der Waals surface area contributed by atoms with E-state index >= 15 is 0 Å². The molecule has 3 rings (SSSR count). The highest BCUT2D eigenvalue weighted by Gasteiger charge is 2.18. The fourth-order valence-corrected chi connectivity index (χ4v) is 3.35. The van der Waals surface area contributed by atoms with Crippen LogP contribution in [0.5, 0.6) is 0 Å². The van der Waals surface area contributed by atoms with Gasteiger partial charge in [0.1, 0.15) is 0 Å². The molecule has 1 aliphatic rings. The lowest BCUT2D eigenvalue weighted by Crippen LogP contribution is -2.14. The molecule has 1 fully saturated rings. The van der Waals surface area contributed by atoms with Gasteiger partial charge in [-0.05, 0) is 43.0 Å². The molecule has 3 nitrogen and oxygen atoms in total. The number of rotatable bonds is 4. The van der Waals surface area contributed by atoms with Gasteiger partial charge in [0.2, 0.25) is 0 Å². The van der Waals surface area contributed by atoms with Gasteiger partial charge in [-0.3, -0.25) is 4.68 Å². The van der Waals surface area contributed by atoms with Gasteiger partial charge in [0.05, 0.1) is 11.7 Å². The van der Waals surface area contributed by atoms with Crippen molar-refractivity contribution in [2.24, 2.45) is 5.73 Å². The number of halogens is 1. The van der Waals surface area contributed by atoms with Gasteiger partial charge in [-0.15, -0.1) is 0 Å². The van der Waals surface area contributed by atoms with Crippen molar-refractivity contribution in [2.75, 3.05) is 0 Å². The highest BCUT2D eigenvalue weighted by atomic mass is 79.9. The van der Waals surface area contributed by atoms with Gasteiger partial charge >= 0.3 is 0 Å². The van der Waals surface area contributed by atoms with Crippen LogP contribution in [-0.2, 0) is 6.42 Å². The molecule has 1 aromatic heterocycles. The summed E-state index contributed by atoms with van der Waals surface area (Å²) in [6.07, 6.45) is 8.10. The maximum atomic E-state index is 6.34. The van der Waals surface area contributed by atoms with Crippen LogP contribution in [0, 0.1) is 6.92 Å². The third kappa shape index (κ3) is 3.38. The zero-order valence-corrected chi connectivity index (χ0v) is 14.0. The molecule has 1 aromatic carbocycles. The average Bonchev–Trinajstić information content (AvgIpc) is 3.12. The van der Waals surface area contributed by atoms with Crippen molar-refractivity contribution in [1.82, 2.24) is 9.78 Å². The molecule has 1 unspecified atom stereocenters. The Labute approximate surface area is 134 Å². The summed E-state index contributed by atoms with van der Waals surface area (Å²) in [6.45, 7) is 2.09. The third-order valence-electron chi connectivity index (χ3n) is 4.40. The Morgan fingerprint density at radius 1 is 1.33 bits per heavy atom. The normalized spacial score (nSPS) is 17.3.